The van der Waals surface area contributed by atoms with Gasteiger partial charge in [0, 0.05) is 13.5 Å². The standard InChI is InChI=1S/C20H20ClNO6/c1-22(20(24)25-2)16-7-4-3-6-14(16)19(23)28-12-13-10-15(21)18-17(11-13)26-8-5-9-27-18/h3-4,6-7,10-11H,5,8-9,12H2,1-2H3. The van der Waals surface area contributed by atoms with Gasteiger partial charge in [0.15, 0.2) is 11.5 Å². The number of methoxy groups -OCH3 is 1. The molecule has 1 heterocycles. The monoisotopic (exact) mass is 405 g/mol. The Bertz CT molecular complexity index is 885. The maximum Gasteiger partial charge on any atom is 0.413 e. The van der Waals surface area contributed by atoms with Crippen LogP contribution in [0.4, 0.5) is 10.5 Å². The van der Waals surface area contributed by atoms with Crippen LogP contribution in [-0.2, 0) is 16.1 Å². The number of halogens is 1. The van der Waals surface area contributed by atoms with E-state index in [2.05, 4.69) is 0 Å². The quantitative estimate of drug-likeness (QED) is 0.714. The van der Waals surface area contributed by atoms with Crippen LogP contribution in [0.2, 0.25) is 5.02 Å². The first-order chi connectivity index (χ1) is 13.5. The maximum absolute atomic E-state index is 12.6. The molecule has 0 spiro atoms. The van der Waals surface area contributed by atoms with Crippen molar-refractivity contribution >= 4 is 29.4 Å². The highest BCUT2D eigenvalue weighted by Crippen LogP contribution is 2.38. The molecule has 2 aromatic rings. The number of hydrogen-bond donors (Lipinski definition) is 0. The molecule has 0 fully saturated rings. The van der Waals surface area contributed by atoms with Gasteiger partial charge in [-0.2, -0.15) is 0 Å². The summed E-state index contributed by atoms with van der Waals surface area (Å²) in [5.74, 6) is 0.454. The van der Waals surface area contributed by atoms with Gasteiger partial charge in [-0.3, -0.25) is 4.90 Å². The first kappa shape index (κ1) is 19.8. The molecule has 1 amide bonds. The van der Waals surface area contributed by atoms with Crippen LogP contribution in [0, 0.1) is 0 Å². The van der Waals surface area contributed by atoms with E-state index in [1.54, 1.807) is 36.4 Å². The number of ether oxygens (including phenoxy) is 4. The predicted molar refractivity (Wildman–Crippen MR) is 103 cm³/mol. The van der Waals surface area contributed by atoms with E-state index in [1.807, 2.05) is 0 Å². The van der Waals surface area contributed by atoms with E-state index >= 15 is 0 Å². The fourth-order valence-electron chi connectivity index (χ4n) is 2.77. The summed E-state index contributed by atoms with van der Waals surface area (Å²) in [5.41, 5.74) is 1.30. The summed E-state index contributed by atoms with van der Waals surface area (Å²) < 4.78 is 21.4. The van der Waals surface area contributed by atoms with Crippen molar-refractivity contribution in [3.05, 3.63) is 52.5 Å². The van der Waals surface area contributed by atoms with Gasteiger partial charge in [0.2, 0.25) is 0 Å². The van der Waals surface area contributed by atoms with Crippen LogP contribution >= 0.6 is 11.6 Å². The molecule has 0 N–H and O–H groups in total. The zero-order chi connectivity index (χ0) is 20.1. The molecule has 0 radical (unpaired) electrons. The van der Waals surface area contributed by atoms with Gasteiger partial charge < -0.3 is 18.9 Å². The lowest BCUT2D eigenvalue weighted by molar-refractivity contribution is 0.0473. The summed E-state index contributed by atoms with van der Waals surface area (Å²) in [7, 11) is 2.79. The van der Waals surface area contributed by atoms with Crippen molar-refractivity contribution in [1.82, 2.24) is 0 Å². The van der Waals surface area contributed by atoms with Crippen LogP contribution in [0.1, 0.15) is 22.3 Å². The molecule has 0 saturated heterocycles. The summed E-state index contributed by atoms with van der Waals surface area (Å²) in [4.78, 5) is 25.6. The van der Waals surface area contributed by atoms with Crippen molar-refractivity contribution in [2.75, 3.05) is 32.3 Å². The molecule has 1 aliphatic heterocycles. The first-order valence-corrected chi connectivity index (χ1v) is 9.05. The Morgan fingerprint density at radius 3 is 2.71 bits per heavy atom. The Hall–Kier alpha value is -2.93. The molecule has 2 aromatic carbocycles. The Kier molecular flexibility index (Phi) is 6.26. The van der Waals surface area contributed by atoms with Crippen molar-refractivity contribution in [1.29, 1.82) is 0 Å². The smallest absolute Gasteiger partial charge is 0.413 e. The second-order valence-electron chi connectivity index (χ2n) is 6.08. The number of rotatable bonds is 4. The van der Waals surface area contributed by atoms with E-state index in [0.717, 1.165) is 6.42 Å². The first-order valence-electron chi connectivity index (χ1n) is 8.67. The molecule has 0 aromatic heterocycles. The van der Waals surface area contributed by atoms with Gasteiger partial charge >= 0.3 is 12.1 Å². The predicted octanol–water partition coefficient (Wildman–Crippen LogP) is 4.06. The number of fused-ring (bicyclic) bond motifs is 1. The molecule has 0 atom stereocenters. The minimum atomic E-state index is -0.588. The van der Waals surface area contributed by atoms with Crippen LogP contribution in [0.25, 0.3) is 0 Å². The summed E-state index contributed by atoms with van der Waals surface area (Å²) >= 11 is 6.27. The second-order valence-corrected chi connectivity index (χ2v) is 6.48. The lowest BCUT2D eigenvalue weighted by Gasteiger charge is -2.18. The molecule has 0 unspecified atom stereocenters. The molecular formula is C20H20ClNO6. The average Bonchev–Trinajstić information content (AvgIpc) is 2.96. The third-order valence-corrected chi connectivity index (χ3v) is 4.45. The van der Waals surface area contributed by atoms with Gasteiger partial charge in [0.05, 0.1) is 36.6 Å². The van der Waals surface area contributed by atoms with E-state index in [0.29, 0.717) is 41.0 Å². The number of hydrogen-bond acceptors (Lipinski definition) is 6. The zero-order valence-corrected chi connectivity index (χ0v) is 16.3. The third-order valence-electron chi connectivity index (χ3n) is 4.17. The Balaban J connectivity index is 1.76. The molecule has 0 saturated carbocycles. The van der Waals surface area contributed by atoms with Gasteiger partial charge in [-0.15, -0.1) is 0 Å². The Labute approximate surface area is 167 Å². The fourth-order valence-corrected chi connectivity index (χ4v) is 3.06. The number of benzene rings is 2. The topological polar surface area (TPSA) is 74.3 Å². The lowest BCUT2D eigenvalue weighted by Crippen LogP contribution is -2.27. The molecule has 28 heavy (non-hydrogen) atoms. The summed E-state index contributed by atoms with van der Waals surface area (Å²) in [6.45, 7) is 1.05. The van der Waals surface area contributed by atoms with Crippen molar-refractivity contribution < 1.29 is 28.5 Å². The van der Waals surface area contributed by atoms with Gasteiger partial charge in [-0.25, -0.2) is 9.59 Å². The largest absolute Gasteiger partial charge is 0.489 e. The number of carbonyl (C=O) groups excluding carboxylic acids is 2. The normalized spacial score (nSPS) is 12.7. The lowest BCUT2D eigenvalue weighted by atomic mass is 10.1. The number of para-hydroxylation sites is 1. The van der Waals surface area contributed by atoms with Gasteiger partial charge in [-0.1, -0.05) is 23.7 Å². The van der Waals surface area contributed by atoms with Crippen LogP contribution in [0.5, 0.6) is 11.5 Å². The Morgan fingerprint density at radius 1 is 1.18 bits per heavy atom. The van der Waals surface area contributed by atoms with Crippen molar-refractivity contribution in [3.63, 3.8) is 0 Å². The third kappa shape index (κ3) is 4.31. The molecule has 1 aliphatic rings. The summed E-state index contributed by atoms with van der Waals surface area (Å²) in [6, 6.07) is 10.0. The number of amides is 1. The molecule has 148 valence electrons. The molecule has 7 nitrogen and oxygen atoms in total. The minimum absolute atomic E-state index is 0.00847. The number of esters is 1. The number of anilines is 1. The molecule has 3 rings (SSSR count). The van der Waals surface area contributed by atoms with E-state index in [-0.39, 0.29) is 12.2 Å². The molecule has 8 heteroatoms. The highest BCUT2D eigenvalue weighted by Gasteiger charge is 2.21. The molecular weight excluding hydrogens is 386 g/mol. The highest BCUT2D eigenvalue weighted by molar-refractivity contribution is 6.32. The number of carbonyl (C=O) groups is 2. The van der Waals surface area contributed by atoms with Crippen molar-refractivity contribution in [2.24, 2.45) is 0 Å². The molecule has 0 bridgehead atoms. The van der Waals surface area contributed by atoms with Gasteiger partial charge in [-0.05, 0) is 29.8 Å². The van der Waals surface area contributed by atoms with Crippen LogP contribution in [0.15, 0.2) is 36.4 Å². The highest BCUT2D eigenvalue weighted by atomic mass is 35.5. The second kappa shape index (κ2) is 8.84. The summed E-state index contributed by atoms with van der Waals surface area (Å²) in [5, 5.41) is 0.399. The Morgan fingerprint density at radius 2 is 1.93 bits per heavy atom. The van der Waals surface area contributed by atoms with E-state index in [1.165, 1.54) is 19.1 Å². The van der Waals surface area contributed by atoms with Gasteiger partial charge in [0.25, 0.3) is 0 Å². The van der Waals surface area contributed by atoms with Crippen LogP contribution in [-0.4, -0.2) is 39.4 Å². The average molecular weight is 406 g/mol. The van der Waals surface area contributed by atoms with Crippen LogP contribution in [0.3, 0.4) is 0 Å². The minimum Gasteiger partial charge on any atom is -0.489 e. The number of nitrogens with zero attached hydrogens (tertiary/aromatic N) is 1. The summed E-state index contributed by atoms with van der Waals surface area (Å²) in [6.07, 6.45) is 0.176. The maximum atomic E-state index is 12.6. The van der Waals surface area contributed by atoms with Gasteiger partial charge in [0.1, 0.15) is 6.61 Å². The van der Waals surface area contributed by atoms with E-state index < -0.39 is 12.1 Å². The fraction of sp³-hybridized carbons (Fsp3) is 0.300. The molecule has 0 aliphatic carbocycles. The van der Waals surface area contributed by atoms with Crippen molar-refractivity contribution in [2.45, 2.75) is 13.0 Å². The zero-order valence-electron chi connectivity index (χ0n) is 15.6. The van der Waals surface area contributed by atoms with E-state index in [4.69, 9.17) is 30.5 Å². The van der Waals surface area contributed by atoms with Crippen LogP contribution < -0.4 is 14.4 Å². The van der Waals surface area contributed by atoms with Crippen molar-refractivity contribution in [3.8, 4) is 11.5 Å². The SMILES string of the molecule is COC(=O)N(C)c1ccccc1C(=O)OCc1cc(Cl)c2c(c1)OCCCO2. The van der Waals surface area contributed by atoms with E-state index in [9.17, 15) is 9.59 Å².